The van der Waals surface area contributed by atoms with Gasteiger partial charge in [0.25, 0.3) is 5.91 Å². The Balaban J connectivity index is 1.79. The molecule has 1 aliphatic carbocycles. The van der Waals surface area contributed by atoms with Crippen LogP contribution in [0.1, 0.15) is 33.1 Å². The second-order valence-electron chi connectivity index (χ2n) is 6.02. The standard InChI is InChI=1S/C16H22ClNO3/c1-16(2,21-13-7-5-12(17)6-8-13)15(20)18-10-9-14(19)11-3-4-11/h5-8,11,14,19H,3-4,9-10H2,1-2H3,(H,18,20). The molecule has 0 saturated heterocycles. The molecule has 4 nitrogen and oxygen atoms in total. The Labute approximate surface area is 130 Å². The average molecular weight is 312 g/mol. The Morgan fingerprint density at radius 3 is 2.62 bits per heavy atom. The Bertz CT molecular complexity index is 483. The fourth-order valence-corrected chi connectivity index (χ4v) is 2.23. The third-order valence-electron chi connectivity index (χ3n) is 3.63. The lowest BCUT2D eigenvalue weighted by Crippen LogP contribution is -2.47. The number of amides is 1. The third kappa shape index (κ3) is 4.90. The fraction of sp³-hybridized carbons (Fsp3) is 0.562. The number of rotatable bonds is 7. The number of ether oxygens (including phenoxy) is 1. The predicted molar refractivity (Wildman–Crippen MR) is 82.5 cm³/mol. The van der Waals surface area contributed by atoms with Crippen LogP contribution in [0.15, 0.2) is 24.3 Å². The maximum absolute atomic E-state index is 12.2. The largest absolute Gasteiger partial charge is 0.478 e. The van der Waals surface area contributed by atoms with Crippen molar-refractivity contribution in [3.63, 3.8) is 0 Å². The molecule has 2 rings (SSSR count). The lowest BCUT2D eigenvalue weighted by atomic mass is 10.1. The van der Waals surface area contributed by atoms with Crippen molar-refractivity contribution in [1.29, 1.82) is 0 Å². The van der Waals surface area contributed by atoms with Gasteiger partial charge in [-0.05, 0) is 63.3 Å². The monoisotopic (exact) mass is 311 g/mol. The molecule has 0 radical (unpaired) electrons. The number of carbonyl (C=O) groups is 1. The van der Waals surface area contributed by atoms with Crippen molar-refractivity contribution >= 4 is 17.5 Å². The highest BCUT2D eigenvalue weighted by Gasteiger charge is 2.31. The maximum Gasteiger partial charge on any atom is 0.263 e. The third-order valence-corrected chi connectivity index (χ3v) is 3.88. The van der Waals surface area contributed by atoms with E-state index in [1.165, 1.54) is 0 Å². The molecule has 0 aliphatic heterocycles. The summed E-state index contributed by atoms with van der Waals surface area (Å²) in [6, 6.07) is 6.90. The molecule has 2 N–H and O–H groups in total. The van der Waals surface area contributed by atoms with E-state index in [1.54, 1.807) is 38.1 Å². The molecule has 0 heterocycles. The fourth-order valence-electron chi connectivity index (χ4n) is 2.11. The number of benzene rings is 1. The van der Waals surface area contributed by atoms with Crippen LogP contribution in [0.5, 0.6) is 5.75 Å². The van der Waals surface area contributed by atoms with Crippen LogP contribution in [0.2, 0.25) is 5.02 Å². The molecule has 1 fully saturated rings. The smallest absolute Gasteiger partial charge is 0.263 e. The topological polar surface area (TPSA) is 58.6 Å². The van der Waals surface area contributed by atoms with Gasteiger partial charge in [-0.1, -0.05) is 11.6 Å². The lowest BCUT2D eigenvalue weighted by Gasteiger charge is -2.25. The van der Waals surface area contributed by atoms with Gasteiger partial charge in [0, 0.05) is 11.6 Å². The minimum absolute atomic E-state index is 0.194. The number of hydrogen-bond donors (Lipinski definition) is 2. The van der Waals surface area contributed by atoms with Gasteiger partial charge in [-0.2, -0.15) is 0 Å². The molecule has 5 heteroatoms. The molecule has 1 saturated carbocycles. The average Bonchev–Trinajstić information content (AvgIpc) is 3.25. The first-order chi connectivity index (χ1) is 9.88. The van der Waals surface area contributed by atoms with Gasteiger partial charge in [0.1, 0.15) is 5.75 Å². The quantitative estimate of drug-likeness (QED) is 0.814. The zero-order chi connectivity index (χ0) is 15.5. The lowest BCUT2D eigenvalue weighted by molar-refractivity contribution is -0.134. The van der Waals surface area contributed by atoms with Crippen molar-refractivity contribution in [2.24, 2.45) is 5.92 Å². The second kappa shape index (κ2) is 6.67. The summed E-state index contributed by atoms with van der Waals surface area (Å²) in [6.07, 6.45) is 2.49. The summed E-state index contributed by atoms with van der Waals surface area (Å²) in [6.45, 7) is 3.90. The van der Waals surface area contributed by atoms with Crippen molar-refractivity contribution < 1.29 is 14.6 Å². The number of nitrogens with one attached hydrogen (secondary N) is 1. The minimum Gasteiger partial charge on any atom is -0.478 e. The number of aliphatic hydroxyl groups excluding tert-OH is 1. The van der Waals surface area contributed by atoms with Gasteiger partial charge in [-0.3, -0.25) is 4.79 Å². The maximum atomic E-state index is 12.2. The summed E-state index contributed by atoms with van der Waals surface area (Å²) >= 11 is 5.82. The van der Waals surface area contributed by atoms with Crippen molar-refractivity contribution in [3.05, 3.63) is 29.3 Å². The predicted octanol–water partition coefficient (Wildman–Crippen LogP) is 2.77. The Morgan fingerprint density at radius 2 is 2.05 bits per heavy atom. The number of carbonyl (C=O) groups excluding carboxylic acids is 1. The van der Waals surface area contributed by atoms with E-state index < -0.39 is 5.60 Å². The van der Waals surface area contributed by atoms with Crippen LogP contribution in [0.25, 0.3) is 0 Å². The van der Waals surface area contributed by atoms with Crippen LogP contribution in [0.3, 0.4) is 0 Å². The van der Waals surface area contributed by atoms with Gasteiger partial charge < -0.3 is 15.2 Å². The Morgan fingerprint density at radius 1 is 1.43 bits per heavy atom. The SMILES string of the molecule is CC(C)(Oc1ccc(Cl)cc1)C(=O)NCCC(O)C1CC1. The van der Waals surface area contributed by atoms with E-state index in [2.05, 4.69) is 5.32 Å². The summed E-state index contributed by atoms with van der Waals surface area (Å²) in [5.74, 6) is 0.832. The molecule has 1 aliphatic rings. The van der Waals surface area contributed by atoms with E-state index in [1.807, 2.05) is 0 Å². The molecule has 1 atom stereocenters. The molecule has 0 spiro atoms. The van der Waals surface area contributed by atoms with Crippen LogP contribution in [-0.2, 0) is 4.79 Å². The first-order valence-corrected chi connectivity index (χ1v) is 7.67. The van der Waals surface area contributed by atoms with Crippen molar-refractivity contribution in [3.8, 4) is 5.75 Å². The van der Waals surface area contributed by atoms with Gasteiger partial charge in [-0.15, -0.1) is 0 Å². The van der Waals surface area contributed by atoms with Gasteiger partial charge in [0.15, 0.2) is 5.60 Å². The summed E-state index contributed by atoms with van der Waals surface area (Å²) in [7, 11) is 0. The van der Waals surface area contributed by atoms with Crippen molar-refractivity contribution in [2.75, 3.05) is 6.54 Å². The van der Waals surface area contributed by atoms with Crippen LogP contribution >= 0.6 is 11.6 Å². The van der Waals surface area contributed by atoms with E-state index >= 15 is 0 Å². The van der Waals surface area contributed by atoms with Gasteiger partial charge in [-0.25, -0.2) is 0 Å². The highest BCUT2D eigenvalue weighted by atomic mass is 35.5. The van der Waals surface area contributed by atoms with E-state index in [9.17, 15) is 9.90 Å². The molecule has 0 bridgehead atoms. The minimum atomic E-state index is -0.974. The van der Waals surface area contributed by atoms with Crippen LogP contribution in [0.4, 0.5) is 0 Å². The normalized spacial score (nSPS) is 16.4. The highest BCUT2D eigenvalue weighted by Crippen LogP contribution is 2.33. The Kier molecular flexibility index (Phi) is 5.12. The number of halogens is 1. The van der Waals surface area contributed by atoms with Crippen LogP contribution in [0, 0.1) is 5.92 Å². The van der Waals surface area contributed by atoms with Gasteiger partial charge in [0.05, 0.1) is 6.10 Å². The molecular formula is C16H22ClNO3. The zero-order valence-corrected chi connectivity index (χ0v) is 13.2. The van der Waals surface area contributed by atoms with Gasteiger partial charge in [0.2, 0.25) is 0 Å². The van der Waals surface area contributed by atoms with E-state index in [0.29, 0.717) is 29.7 Å². The first-order valence-electron chi connectivity index (χ1n) is 7.29. The second-order valence-corrected chi connectivity index (χ2v) is 6.45. The van der Waals surface area contributed by atoms with Crippen LogP contribution in [-0.4, -0.2) is 29.3 Å². The molecule has 0 aromatic heterocycles. The molecule has 21 heavy (non-hydrogen) atoms. The molecule has 1 aromatic rings. The molecular weight excluding hydrogens is 290 g/mol. The zero-order valence-electron chi connectivity index (χ0n) is 12.4. The highest BCUT2D eigenvalue weighted by molar-refractivity contribution is 6.30. The van der Waals surface area contributed by atoms with E-state index in [0.717, 1.165) is 12.8 Å². The number of aliphatic hydroxyl groups is 1. The number of hydrogen-bond acceptors (Lipinski definition) is 3. The summed E-state index contributed by atoms with van der Waals surface area (Å²) in [5, 5.41) is 13.2. The molecule has 1 amide bonds. The summed E-state index contributed by atoms with van der Waals surface area (Å²) < 4.78 is 5.70. The molecule has 1 unspecified atom stereocenters. The van der Waals surface area contributed by atoms with E-state index in [-0.39, 0.29) is 12.0 Å². The van der Waals surface area contributed by atoms with Crippen molar-refractivity contribution in [2.45, 2.75) is 44.8 Å². The summed E-state index contributed by atoms with van der Waals surface area (Å²) in [4.78, 5) is 12.2. The first kappa shape index (κ1) is 16.1. The molecule has 116 valence electrons. The van der Waals surface area contributed by atoms with Crippen LogP contribution < -0.4 is 10.1 Å². The summed E-state index contributed by atoms with van der Waals surface area (Å²) in [5.41, 5.74) is -0.974. The van der Waals surface area contributed by atoms with Gasteiger partial charge >= 0.3 is 0 Å². The molecule has 1 aromatic carbocycles. The van der Waals surface area contributed by atoms with Crippen molar-refractivity contribution in [1.82, 2.24) is 5.32 Å². The van der Waals surface area contributed by atoms with E-state index in [4.69, 9.17) is 16.3 Å². The Hall–Kier alpha value is -1.26.